The summed E-state index contributed by atoms with van der Waals surface area (Å²) < 4.78 is 0. The number of thioether (sulfide) groups is 1. The number of hydrogen-bond donors (Lipinski definition) is 0. The van der Waals surface area contributed by atoms with Crippen LogP contribution in [0, 0.1) is 11.3 Å². The number of nitriles is 1. The van der Waals surface area contributed by atoms with Gasteiger partial charge in [-0.25, -0.2) is 0 Å². The van der Waals surface area contributed by atoms with Gasteiger partial charge in [-0.3, -0.25) is 9.69 Å². The highest BCUT2D eigenvalue weighted by Gasteiger charge is 2.24. The van der Waals surface area contributed by atoms with Crippen LogP contribution in [0.1, 0.15) is 31.4 Å². The summed E-state index contributed by atoms with van der Waals surface area (Å²) in [7, 11) is 2.05. The lowest BCUT2D eigenvalue weighted by molar-refractivity contribution is -0.134. The summed E-state index contributed by atoms with van der Waals surface area (Å²) in [4.78, 5) is 16.8. The third kappa shape index (κ3) is 4.98. The molecule has 1 saturated heterocycles. The van der Waals surface area contributed by atoms with Gasteiger partial charge in [-0.2, -0.15) is 17.0 Å². The Balaban J connectivity index is 1.98. The predicted octanol–water partition coefficient (Wildman–Crippen LogP) is 2.73. The Labute approximate surface area is 143 Å². The molecule has 1 aliphatic heterocycles. The number of carbonyl (C=O) groups is 1. The molecule has 1 aliphatic rings. The molecule has 124 valence electrons. The van der Waals surface area contributed by atoms with Crippen LogP contribution in [-0.2, 0) is 11.3 Å². The third-order valence-electron chi connectivity index (χ3n) is 4.29. The lowest BCUT2D eigenvalue weighted by atomic mass is 10.1. The summed E-state index contributed by atoms with van der Waals surface area (Å²) in [6.07, 6.45) is 1.17. The van der Waals surface area contributed by atoms with Crippen molar-refractivity contribution in [2.24, 2.45) is 0 Å². The molecule has 2 rings (SSSR count). The van der Waals surface area contributed by atoms with Crippen molar-refractivity contribution < 1.29 is 4.79 Å². The van der Waals surface area contributed by atoms with E-state index < -0.39 is 0 Å². The maximum atomic E-state index is 12.7. The van der Waals surface area contributed by atoms with Gasteiger partial charge in [0.1, 0.15) is 0 Å². The lowest BCUT2D eigenvalue weighted by Crippen LogP contribution is -2.45. The number of likely N-dealkylation sites (N-methyl/N-ethyl adjacent to an activating group) is 1. The fourth-order valence-electron chi connectivity index (χ4n) is 2.74. The van der Waals surface area contributed by atoms with Gasteiger partial charge in [-0.1, -0.05) is 12.1 Å². The van der Waals surface area contributed by atoms with Crippen molar-refractivity contribution >= 4 is 17.7 Å². The number of hydrogen-bond acceptors (Lipinski definition) is 4. The number of rotatable bonds is 6. The van der Waals surface area contributed by atoms with Crippen molar-refractivity contribution in [3.63, 3.8) is 0 Å². The van der Waals surface area contributed by atoms with Crippen LogP contribution >= 0.6 is 11.8 Å². The van der Waals surface area contributed by atoms with Gasteiger partial charge in [0.25, 0.3) is 0 Å². The predicted molar refractivity (Wildman–Crippen MR) is 95.2 cm³/mol. The van der Waals surface area contributed by atoms with Crippen LogP contribution in [0.15, 0.2) is 24.3 Å². The first kappa shape index (κ1) is 17.8. The van der Waals surface area contributed by atoms with Gasteiger partial charge in [0.2, 0.25) is 5.91 Å². The van der Waals surface area contributed by atoms with Crippen molar-refractivity contribution in [1.29, 1.82) is 5.26 Å². The standard InChI is InChI=1S/C18H25N3OS/c1-14(2)21(11-16-6-4-15(10-19)5-7-16)18(22)12-20(3)17-8-9-23-13-17/h4-7,14,17H,8-9,11-13H2,1-3H3/t17-/m1/s1. The molecule has 0 N–H and O–H groups in total. The first-order valence-electron chi connectivity index (χ1n) is 8.07. The monoisotopic (exact) mass is 331 g/mol. The summed E-state index contributed by atoms with van der Waals surface area (Å²) in [5.41, 5.74) is 1.71. The highest BCUT2D eigenvalue weighted by molar-refractivity contribution is 7.99. The van der Waals surface area contributed by atoms with E-state index in [-0.39, 0.29) is 11.9 Å². The molecular weight excluding hydrogens is 306 g/mol. The van der Waals surface area contributed by atoms with E-state index in [0.717, 1.165) is 11.3 Å². The van der Waals surface area contributed by atoms with Gasteiger partial charge in [0, 0.05) is 24.4 Å². The molecule has 1 aromatic rings. The van der Waals surface area contributed by atoms with Crippen LogP contribution in [0.25, 0.3) is 0 Å². The topological polar surface area (TPSA) is 47.3 Å². The molecule has 0 aliphatic carbocycles. The summed E-state index contributed by atoms with van der Waals surface area (Å²) >= 11 is 1.97. The van der Waals surface area contributed by atoms with E-state index in [1.165, 1.54) is 12.2 Å². The SMILES string of the molecule is CC(C)N(Cc1ccc(C#N)cc1)C(=O)CN(C)[C@@H]1CCSC1. The summed E-state index contributed by atoms with van der Waals surface area (Å²) in [6.45, 7) is 5.16. The first-order chi connectivity index (χ1) is 11.0. The van der Waals surface area contributed by atoms with Gasteiger partial charge < -0.3 is 4.90 Å². The van der Waals surface area contributed by atoms with E-state index in [1.807, 2.05) is 42.6 Å². The minimum absolute atomic E-state index is 0.157. The molecule has 1 atom stereocenters. The molecular formula is C18H25N3OS. The second-order valence-corrected chi connectivity index (χ2v) is 7.51. The number of amides is 1. The van der Waals surface area contributed by atoms with Gasteiger partial charge in [0.15, 0.2) is 0 Å². The third-order valence-corrected chi connectivity index (χ3v) is 5.44. The normalized spacial score (nSPS) is 17.5. The highest BCUT2D eigenvalue weighted by Crippen LogP contribution is 2.21. The van der Waals surface area contributed by atoms with Gasteiger partial charge in [0.05, 0.1) is 18.2 Å². The molecule has 0 spiro atoms. The van der Waals surface area contributed by atoms with E-state index >= 15 is 0 Å². The Morgan fingerprint density at radius 1 is 1.39 bits per heavy atom. The Bertz CT molecular complexity index is 559. The Morgan fingerprint density at radius 2 is 2.09 bits per heavy atom. The van der Waals surface area contributed by atoms with Crippen LogP contribution < -0.4 is 0 Å². The van der Waals surface area contributed by atoms with Gasteiger partial charge in [-0.05, 0) is 50.8 Å². The lowest BCUT2D eigenvalue weighted by Gasteiger charge is -2.31. The Kier molecular flexibility index (Phi) is 6.49. The zero-order valence-electron chi connectivity index (χ0n) is 14.2. The number of benzene rings is 1. The van der Waals surface area contributed by atoms with E-state index in [2.05, 4.69) is 18.0 Å². The summed E-state index contributed by atoms with van der Waals surface area (Å²) in [6, 6.07) is 10.3. The quantitative estimate of drug-likeness (QED) is 0.804. The molecule has 1 fully saturated rings. The molecule has 0 radical (unpaired) electrons. The average molecular weight is 331 g/mol. The highest BCUT2D eigenvalue weighted by atomic mass is 32.2. The van der Waals surface area contributed by atoms with E-state index in [4.69, 9.17) is 5.26 Å². The molecule has 0 unspecified atom stereocenters. The van der Waals surface area contributed by atoms with E-state index in [0.29, 0.717) is 24.7 Å². The number of nitrogens with zero attached hydrogens (tertiary/aromatic N) is 3. The molecule has 1 heterocycles. The minimum Gasteiger partial charge on any atom is -0.335 e. The van der Waals surface area contributed by atoms with Crippen molar-refractivity contribution in [3.8, 4) is 6.07 Å². The molecule has 0 aromatic heterocycles. The zero-order chi connectivity index (χ0) is 16.8. The summed E-state index contributed by atoms with van der Waals surface area (Å²) in [5, 5.41) is 8.87. The fraction of sp³-hybridized carbons (Fsp3) is 0.556. The Hall–Kier alpha value is -1.51. The van der Waals surface area contributed by atoms with E-state index in [1.54, 1.807) is 12.1 Å². The van der Waals surface area contributed by atoms with Crippen molar-refractivity contribution in [3.05, 3.63) is 35.4 Å². The molecule has 0 bridgehead atoms. The molecule has 4 nitrogen and oxygen atoms in total. The van der Waals surface area contributed by atoms with Crippen LogP contribution in [0.5, 0.6) is 0 Å². The zero-order valence-corrected chi connectivity index (χ0v) is 15.0. The van der Waals surface area contributed by atoms with Crippen LogP contribution in [0.2, 0.25) is 0 Å². The molecule has 23 heavy (non-hydrogen) atoms. The molecule has 1 amide bonds. The van der Waals surface area contributed by atoms with Gasteiger partial charge in [-0.15, -0.1) is 0 Å². The maximum absolute atomic E-state index is 12.7. The fourth-order valence-corrected chi connectivity index (χ4v) is 4.04. The molecule has 1 aromatic carbocycles. The van der Waals surface area contributed by atoms with Crippen LogP contribution in [0.4, 0.5) is 0 Å². The molecule has 0 saturated carbocycles. The second-order valence-electron chi connectivity index (χ2n) is 6.36. The maximum Gasteiger partial charge on any atom is 0.237 e. The van der Waals surface area contributed by atoms with Crippen molar-refractivity contribution in [2.45, 2.75) is 38.9 Å². The van der Waals surface area contributed by atoms with Gasteiger partial charge >= 0.3 is 0 Å². The van der Waals surface area contributed by atoms with E-state index in [9.17, 15) is 4.79 Å². The molecule has 5 heteroatoms. The Morgan fingerprint density at radius 3 is 2.61 bits per heavy atom. The average Bonchev–Trinajstić information content (AvgIpc) is 3.07. The van der Waals surface area contributed by atoms with Crippen molar-refractivity contribution in [2.75, 3.05) is 25.1 Å². The first-order valence-corrected chi connectivity index (χ1v) is 9.23. The minimum atomic E-state index is 0.157. The largest absolute Gasteiger partial charge is 0.335 e. The number of carbonyl (C=O) groups excluding carboxylic acids is 1. The second kappa shape index (κ2) is 8.37. The van der Waals surface area contributed by atoms with Crippen LogP contribution in [-0.4, -0.2) is 52.9 Å². The van der Waals surface area contributed by atoms with Crippen molar-refractivity contribution in [1.82, 2.24) is 9.80 Å². The van der Waals surface area contributed by atoms with Crippen LogP contribution in [0.3, 0.4) is 0 Å². The smallest absolute Gasteiger partial charge is 0.237 e. The summed E-state index contributed by atoms with van der Waals surface area (Å²) in [5.74, 6) is 2.49.